The molecular weight excluding hydrogens is 725 g/mol. The highest BCUT2D eigenvalue weighted by Gasteiger charge is 2.26. The van der Waals surface area contributed by atoms with Gasteiger partial charge in [0.1, 0.15) is 6.07 Å². The minimum Gasteiger partial charge on any atom is -0.502 e. The van der Waals surface area contributed by atoms with Crippen molar-refractivity contribution in [2.45, 2.75) is 74.7 Å². The standard InChI is InChI=1S/C15H17NO6S2.C8H14O2S2.C7H3NO5/c17-15(4-2-1-3-10-5-6-23-24-10)22-12-8-14-13(20-9-21-14)7-11(12)16(18)19;9-8(10)4-2-1-3-7-5-6-11-12-7;9-5-2-7-6(12-3-13-7)1-4(5)8(10)11/h7-8,10H,1-6,9H2;7H,1-6H2,(H,9,10);1-3H/p+1. The number of hydrogen-bond donors (Lipinski definition) is 2. The first-order chi connectivity index (χ1) is 23.6. The molecule has 0 aliphatic carbocycles. The van der Waals surface area contributed by atoms with Crippen LogP contribution >= 0.6 is 43.2 Å². The fourth-order valence-corrected chi connectivity index (χ4v) is 10.8. The maximum absolute atomic E-state index is 12.0. The van der Waals surface area contributed by atoms with Gasteiger partial charge in [-0.15, -0.1) is 0 Å². The van der Waals surface area contributed by atoms with Gasteiger partial charge in [0, 0.05) is 40.9 Å². The molecule has 2 fully saturated rings. The third kappa shape index (κ3) is 12.4. The van der Waals surface area contributed by atoms with Crippen LogP contribution in [0.3, 0.4) is 0 Å². The second-order valence-corrected chi connectivity index (χ2v) is 16.4. The summed E-state index contributed by atoms with van der Waals surface area (Å²) in [6, 6.07) is 4.80. The number of aliphatic carboxylic acids is 1. The molecule has 6 rings (SSSR count). The van der Waals surface area contributed by atoms with Crippen molar-refractivity contribution in [2.24, 2.45) is 0 Å². The minimum atomic E-state index is -0.697. The van der Waals surface area contributed by atoms with Gasteiger partial charge in [-0.05, 0) is 38.5 Å². The number of rotatable bonds is 13. The smallest absolute Gasteiger partial charge is 0.485 e. The van der Waals surface area contributed by atoms with Crippen LogP contribution < -0.4 is 14.2 Å². The first-order valence-electron chi connectivity index (χ1n) is 15.3. The monoisotopic (exact) mass is 759 g/mol. The van der Waals surface area contributed by atoms with Crippen LogP contribution in [-0.4, -0.2) is 60.8 Å². The number of nitro benzene ring substituents is 2. The lowest BCUT2D eigenvalue weighted by molar-refractivity contribution is -0.385. The van der Waals surface area contributed by atoms with Crippen LogP contribution in [0, 0.1) is 20.2 Å². The number of nitrogens with zero attached hydrogens (tertiary/aromatic N) is 2. The van der Waals surface area contributed by atoms with E-state index in [-0.39, 0.29) is 41.6 Å². The van der Waals surface area contributed by atoms with Crippen LogP contribution in [0.2, 0.25) is 0 Å². The van der Waals surface area contributed by atoms with Crippen LogP contribution in [-0.2, 0) is 9.59 Å². The summed E-state index contributed by atoms with van der Waals surface area (Å²) in [6.45, 7) is 1.04. The number of aromatic hydroxyl groups is 1. The van der Waals surface area contributed by atoms with Crippen molar-refractivity contribution in [3.8, 4) is 23.0 Å². The van der Waals surface area contributed by atoms with E-state index in [0.29, 0.717) is 17.4 Å². The number of benzene rings is 2. The van der Waals surface area contributed by atoms with Crippen LogP contribution in [0.4, 0.5) is 11.4 Å². The number of fused-ring (bicyclic) bond motifs is 2. The van der Waals surface area contributed by atoms with E-state index in [1.165, 1.54) is 42.9 Å². The summed E-state index contributed by atoms with van der Waals surface area (Å²) in [5, 5.41) is 40.5. The Balaban J connectivity index is 0.000000182. The zero-order valence-electron chi connectivity index (χ0n) is 26.1. The van der Waals surface area contributed by atoms with Crippen molar-refractivity contribution in [1.82, 2.24) is 0 Å². The number of unbranched alkanes of at least 4 members (excludes halogenated alkanes) is 2. The summed E-state index contributed by atoms with van der Waals surface area (Å²) in [7, 11) is 7.74. The normalized spacial score (nSPS) is 17.5. The lowest BCUT2D eigenvalue weighted by Gasteiger charge is -2.08. The van der Waals surface area contributed by atoms with Gasteiger partial charge in [0.25, 0.3) is 0 Å². The topological polar surface area (TPSA) is 213 Å². The molecule has 1 aromatic heterocycles. The number of esters is 1. The van der Waals surface area contributed by atoms with E-state index in [2.05, 4.69) is 0 Å². The van der Waals surface area contributed by atoms with Crippen molar-refractivity contribution in [1.29, 1.82) is 0 Å². The highest BCUT2D eigenvalue weighted by molar-refractivity contribution is 8.77. The number of carbonyl (C=O) groups is 2. The van der Waals surface area contributed by atoms with Gasteiger partial charge in [0.15, 0.2) is 11.5 Å². The van der Waals surface area contributed by atoms with Gasteiger partial charge < -0.3 is 24.4 Å². The molecule has 2 N–H and O–H groups in total. The molecule has 4 heterocycles. The summed E-state index contributed by atoms with van der Waals surface area (Å²) in [5.41, 5.74) is -0.211. The number of carbonyl (C=O) groups excluding carboxylic acids is 1. The largest absolute Gasteiger partial charge is 0.502 e. The van der Waals surface area contributed by atoms with Crippen molar-refractivity contribution in [3.05, 3.63) is 51.0 Å². The van der Waals surface area contributed by atoms with E-state index < -0.39 is 33.2 Å². The Bertz CT molecular complexity index is 1590. The third-order valence-electron chi connectivity index (χ3n) is 7.24. The second kappa shape index (κ2) is 19.6. The fourth-order valence-electron chi connectivity index (χ4n) is 4.73. The number of carboxylic acid groups (broad SMARTS) is 1. The van der Waals surface area contributed by atoms with Crippen molar-refractivity contribution < 1.29 is 52.7 Å². The summed E-state index contributed by atoms with van der Waals surface area (Å²) in [5.74, 6) is 1.43. The molecule has 266 valence electrons. The van der Waals surface area contributed by atoms with E-state index in [9.17, 15) is 29.8 Å². The van der Waals surface area contributed by atoms with E-state index in [0.717, 1.165) is 55.9 Å². The zero-order chi connectivity index (χ0) is 35.2. The van der Waals surface area contributed by atoms with Gasteiger partial charge in [-0.3, -0.25) is 38.7 Å². The van der Waals surface area contributed by atoms with Gasteiger partial charge in [0.05, 0.1) is 22.0 Å². The molecule has 0 saturated carbocycles. The van der Waals surface area contributed by atoms with Crippen molar-refractivity contribution >= 4 is 77.7 Å². The zero-order valence-corrected chi connectivity index (χ0v) is 29.4. The highest BCUT2D eigenvalue weighted by Crippen LogP contribution is 2.43. The molecule has 49 heavy (non-hydrogen) atoms. The molecule has 0 bridgehead atoms. The maximum atomic E-state index is 12.0. The minimum absolute atomic E-state index is 0.00134. The highest BCUT2D eigenvalue weighted by atomic mass is 33.1. The molecule has 0 radical (unpaired) electrons. The number of phenols is 1. The lowest BCUT2D eigenvalue weighted by atomic mass is 10.1. The molecule has 15 nitrogen and oxygen atoms in total. The van der Waals surface area contributed by atoms with Crippen LogP contribution in [0.1, 0.15) is 64.2 Å². The first kappa shape index (κ1) is 38.3. The van der Waals surface area contributed by atoms with Gasteiger partial charge in [-0.2, -0.15) is 0 Å². The lowest BCUT2D eigenvalue weighted by Crippen LogP contribution is -2.09. The van der Waals surface area contributed by atoms with Crippen molar-refractivity contribution in [3.63, 3.8) is 0 Å². The summed E-state index contributed by atoms with van der Waals surface area (Å²) < 4.78 is 25.0. The first-order valence-corrected chi connectivity index (χ1v) is 20.1. The molecule has 3 aliphatic rings. The predicted molar refractivity (Wildman–Crippen MR) is 188 cm³/mol. The second-order valence-electron chi connectivity index (χ2n) is 10.8. The van der Waals surface area contributed by atoms with E-state index in [1.54, 1.807) is 0 Å². The molecule has 3 aliphatic heterocycles. The van der Waals surface area contributed by atoms with Crippen molar-refractivity contribution in [2.75, 3.05) is 18.3 Å². The number of hydrogen-bond acceptors (Lipinski definition) is 15. The van der Waals surface area contributed by atoms with E-state index in [1.807, 2.05) is 43.2 Å². The van der Waals surface area contributed by atoms with Crippen LogP contribution in [0.25, 0.3) is 11.2 Å². The summed E-state index contributed by atoms with van der Waals surface area (Å²) in [4.78, 5) is 42.3. The SMILES string of the molecule is O=C(CCCCC1CCSS1)Oc1cc2c(cc1[N+](=O)[O-])OCO2.O=C(O)CCCCC1CCSS1.O=[N+]([O-])c1cc2oc[o+]c2cc1O. The number of ether oxygens (including phenoxy) is 3. The average Bonchev–Trinajstić information content (AvgIpc) is 3.89. The number of nitro groups is 2. The number of phenolic OH excluding ortho intramolecular Hbond substituents is 1. The Morgan fingerprint density at radius 3 is 2.06 bits per heavy atom. The van der Waals surface area contributed by atoms with E-state index >= 15 is 0 Å². The predicted octanol–water partition coefficient (Wildman–Crippen LogP) is 8.65. The molecule has 2 unspecified atom stereocenters. The molecule has 2 saturated heterocycles. The molecular formula is C30H35N2O13S4+. The fraction of sp³-hybridized carbons (Fsp3) is 0.500. The molecule has 19 heteroatoms. The van der Waals surface area contributed by atoms with E-state index in [4.69, 9.17) is 33.3 Å². The summed E-state index contributed by atoms with van der Waals surface area (Å²) in [6.07, 6.45) is 9.00. The molecule has 3 aromatic rings. The quantitative estimate of drug-likeness (QED) is 0.0317. The molecule has 2 aromatic carbocycles. The Morgan fingerprint density at radius 2 is 1.49 bits per heavy atom. The average molecular weight is 760 g/mol. The Labute approximate surface area is 296 Å². The Hall–Kier alpha value is -3.55. The van der Waals surface area contributed by atoms with Gasteiger partial charge >= 0.3 is 40.9 Å². The van der Waals surface area contributed by atoms with Gasteiger partial charge in [-0.25, -0.2) is 0 Å². The Kier molecular flexibility index (Phi) is 15.3. The van der Waals surface area contributed by atoms with Gasteiger partial charge in [0.2, 0.25) is 18.3 Å². The third-order valence-corrected chi connectivity index (χ3v) is 13.3. The Morgan fingerprint density at radius 1 is 0.878 bits per heavy atom. The molecule has 2 atom stereocenters. The van der Waals surface area contributed by atoms with Gasteiger partial charge in [-0.1, -0.05) is 56.0 Å². The maximum Gasteiger partial charge on any atom is 0.485 e. The number of carboxylic acids is 1. The van der Waals surface area contributed by atoms with Crippen LogP contribution in [0.5, 0.6) is 23.0 Å². The molecule has 0 spiro atoms. The van der Waals surface area contributed by atoms with Crippen LogP contribution in [0.15, 0.2) is 39.6 Å². The molecule has 0 amide bonds. The summed E-state index contributed by atoms with van der Waals surface area (Å²) >= 11 is 0.